The zero-order valence-corrected chi connectivity index (χ0v) is 25.9. The van der Waals surface area contributed by atoms with E-state index in [2.05, 4.69) is 0 Å². The first kappa shape index (κ1) is 39.0. The lowest BCUT2D eigenvalue weighted by atomic mass is 9.78. The van der Waals surface area contributed by atoms with Crippen molar-refractivity contribution in [2.24, 2.45) is 11.8 Å². The van der Waals surface area contributed by atoms with Gasteiger partial charge in [0.25, 0.3) is 0 Å². The Morgan fingerprint density at radius 1 is 0.447 bits per heavy atom. The Bertz CT molecular complexity index is 957. The van der Waals surface area contributed by atoms with Crippen LogP contribution in [0.2, 0.25) is 0 Å². The van der Waals surface area contributed by atoms with Crippen molar-refractivity contribution in [3.63, 3.8) is 0 Å². The first-order valence-corrected chi connectivity index (χ1v) is 15.7. The van der Waals surface area contributed by atoms with Crippen molar-refractivity contribution in [3.8, 4) is 0 Å². The molecular formula is C28H50O19. The standard InChI is InChI=1S/C28H50O19/c1-8(2)24-26(47-28-23(41)21(39)18(36)14(7-32)45-28)25(46-27-22(40)20(38)17(35)13(6-31)44-27)9(11(4-29)43-24)3-10-15(33)19(37)16(34)12(5-30)42-10/h8-41H,3-7H2,1-2H3/t9-,10+,11-,12-,13-,14-,15+,16-,17-,18-,19-,20+,21+,22-,23-,24?,25+,26+,27+,28+/m1/s1. The topological polar surface area (TPSA) is 318 Å². The van der Waals surface area contributed by atoms with Crippen molar-refractivity contribution >= 4 is 0 Å². The van der Waals surface area contributed by atoms with E-state index in [1.165, 1.54) is 0 Å². The molecule has 4 heterocycles. The van der Waals surface area contributed by atoms with Crippen LogP contribution in [0.5, 0.6) is 0 Å². The summed E-state index contributed by atoms with van der Waals surface area (Å²) in [5.41, 5.74) is 0. The fourth-order valence-corrected chi connectivity index (χ4v) is 6.67. The normalized spacial score (nSPS) is 51.3. The molecule has 4 aliphatic rings. The Labute approximate surface area is 270 Å². The molecule has 4 rings (SSSR count). The van der Waals surface area contributed by atoms with E-state index in [0.29, 0.717) is 0 Å². The van der Waals surface area contributed by atoms with Crippen molar-refractivity contribution in [2.45, 2.75) is 137 Å². The maximum absolute atomic E-state index is 10.8. The van der Waals surface area contributed by atoms with Gasteiger partial charge in [-0.15, -0.1) is 0 Å². The van der Waals surface area contributed by atoms with Gasteiger partial charge in [0, 0.05) is 5.92 Å². The number of aliphatic hydroxyl groups is 13. The minimum atomic E-state index is -1.90. The molecule has 0 bridgehead atoms. The summed E-state index contributed by atoms with van der Waals surface area (Å²) in [7, 11) is 0. The zero-order chi connectivity index (χ0) is 34.9. The largest absolute Gasteiger partial charge is 0.394 e. The Balaban J connectivity index is 1.75. The molecule has 20 atom stereocenters. The van der Waals surface area contributed by atoms with Crippen LogP contribution in [0.1, 0.15) is 20.3 Å². The first-order chi connectivity index (χ1) is 22.2. The van der Waals surface area contributed by atoms with Crippen molar-refractivity contribution in [1.29, 1.82) is 0 Å². The second-order valence-corrected chi connectivity index (χ2v) is 12.9. The molecule has 0 aromatic heterocycles. The van der Waals surface area contributed by atoms with Gasteiger partial charge < -0.3 is 94.8 Å². The van der Waals surface area contributed by atoms with E-state index in [4.69, 9.17) is 28.4 Å². The van der Waals surface area contributed by atoms with Crippen molar-refractivity contribution < 1.29 is 94.8 Å². The molecule has 0 amide bonds. The Hall–Kier alpha value is -0.760. The summed E-state index contributed by atoms with van der Waals surface area (Å²) in [5.74, 6) is -1.56. The van der Waals surface area contributed by atoms with E-state index in [0.717, 1.165) is 0 Å². The molecule has 276 valence electrons. The summed E-state index contributed by atoms with van der Waals surface area (Å²) >= 11 is 0. The van der Waals surface area contributed by atoms with E-state index >= 15 is 0 Å². The zero-order valence-electron chi connectivity index (χ0n) is 25.9. The van der Waals surface area contributed by atoms with Crippen LogP contribution in [0, 0.1) is 11.8 Å². The lowest BCUT2D eigenvalue weighted by Crippen LogP contribution is -2.67. The van der Waals surface area contributed by atoms with Gasteiger partial charge in [-0.05, 0) is 12.3 Å². The monoisotopic (exact) mass is 690 g/mol. The second kappa shape index (κ2) is 16.5. The summed E-state index contributed by atoms with van der Waals surface area (Å²) in [6, 6.07) is 0. The number of rotatable bonds is 11. The Kier molecular flexibility index (Phi) is 13.7. The highest BCUT2D eigenvalue weighted by atomic mass is 16.7. The molecule has 47 heavy (non-hydrogen) atoms. The van der Waals surface area contributed by atoms with E-state index in [-0.39, 0.29) is 6.42 Å². The molecule has 0 saturated carbocycles. The van der Waals surface area contributed by atoms with Crippen LogP contribution in [-0.2, 0) is 28.4 Å². The number of hydrogen-bond donors (Lipinski definition) is 13. The van der Waals surface area contributed by atoms with E-state index < -0.39 is 155 Å². The van der Waals surface area contributed by atoms with Gasteiger partial charge in [-0.3, -0.25) is 0 Å². The minimum Gasteiger partial charge on any atom is -0.394 e. The average Bonchev–Trinajstić information content (AvgIpc) is 3.05. The van der Waals surface area contributed by atoms with Crippen LogP contribution in [0.25, 0.3) is 0 Å². The molecule has 13 N–H and O–H groups in total. The SMILES string of the molecule is CC(C)C1O[C@H](CO)[C@@H](C[C@@H]2O[C@H](CO)[C@@H](O)[C@H](O)[C@H]2O)[C@H](O[C@@H]2O[C@H](CO)[C@@H](O)[C@H](O)[C@H]2O)[C@H]1O[C@@H]1O[C@H](CO)[C@@H](O)[C@H](O)[C@H]1O. The Morgan fingerprint density at radius 2 is 0.830 bits per heavy atom. The molecule has 0 aliphatic carbocycles. The van der Waals surface area contributed by atoms with Crippen LogP contribution >= 0.6 is 0 Å². The molecular weight excluding hydrogens is 640 g/mol. The third-order valence-corrected chi connectivity index (χ3v) is 9.49. The van der Waals surface area contributed by atoms with E-state index in [9.17, 15) is 66.4 Å². The molecule has 0 aromatic carbocycles. The van der Waals surface area contributed by atoms with Gasteiger partial charge in [-0.1, -0.05) is 13.8 Å². The van der Waals surface area contributed by atoms with Gasteiger partial charge in [0.05, 0.1) is 50.8 Å². The predicted molar refractivity (Wildman–Crippen MR) is 150 cm³/mol. The van der Waals surface area contributed by atoms with Gasteiger partial charge >= 0.3 is 0 Å². The molecule has 19 heteroatoms. The van der Waals surface area contributed by atoms with Gasteiger partial charge in [-0.25, -0.2) is 0 Å². The van der Waals surface area contributed by atoms with E-state index in [1.54, 1.807) is 13.8 Å². The molecule has 0 spiro atoms. The van der Waals surface area contributed by atoms with Crippen LogP contribution in [-0.4, -0.2) is 209 Å². The summed E-state index contributed by atoms with van der Waals surface area (Å²) in [6.45, 7) is 0.487. The van der Waals surface area contributed by atoms with Crippen molar-refractivity contribution in [3.05, 3.63) is 0 Å². The summed E-state index contributed by atoms with van der Waals surface area (Å²) < 4.78 is 35.4. The highest BCUT2D eigenvalue weighted by molar-refractivity contribution is 5.01. The van der Waals surface area contributed by atoms with Gasteiger partial charge in [0.1, 0.15) is 79.4 Å². The number of ether oxygens (including phenoxy) is 6. The van der Waals surface area contributed by atoms with Gasteiger partial charge in [-0.2, -0.15) is 0 Å². The third kappa shape index (κ3) is 7.94. The predicted octanol–water partition coefficient (Wildman–Crippen LogP) is -7.38. The maximum atomic E-state index is 10.8. The highest BCUT2D eigenvalue weighted by Gasteiger charge is 2.56. The van der Waals surface area contributed by atoms with Crippen molar-refractivity contribution in [2.75, 3.05) is 26.4 Å². The Morgan fingerprint density at radius 3 is 1.26 bits per heavy atom. The third-order valence-electron chi connectivity index (χ3n) is 9.49. The fraction of sp³-hybridized carbons (Fsp3) is 1.00. The second-order valence-electron chi connectivity index (χ2n) is 12.9. The summed E-state index contributed by atoms with van der Waals surface area (Å²) in [5, 5.41) is 134. The average molecular weight is 691 g/mol. The van der Waals surface area contributed by atoms with Crippen LogP contribution in [0.15, 0.2) is 0 Å². The first-order valence-electron chi connectivity index (χ1n) is 15.7. The molecule has 4 fully saturated rings. The van der Waals surface area contributed by atoms with Crippen LogP contribution < -0.4 is 0 Å². The maximum Gasteiger partial charge on any atom is 0.187 e. The fourth-order valence-electron chi connectivity index (χ4n) is 6.67. The number of aliphatic hydroxyl groups excluding tert-OH is 13. The van der Waals surface area contributed by atoms with Gasteiger partial charge in [0.15, 0.2) is 12.6 Å². The molecule has 0 aromatic rings. The quantitative estimate of drug-likeness (QED) is 0.0957. The minimum absolute atomic E-state index is 0.325. The summed E-state index contributed by atoms with van der Waals surface area (Å²) in [6.07, 6.45) is -30.1. The van der Waals surface area contributed by atoms with Crippen LogP contribution in [0.4, 0.5) is 0 Å². The number of hydrogen-bond acceptors (Lipinski definition) is 19. The molecule has 4 aliphatic heterocycles. The lowest BCUT2D eigenvalue weighted by Gasteiger charge is -2.52. The molecule has 19 nitrogen and oxygen atoms in total. The van der Waals surface area contributed by atoms with E-state index in [1.807, 2.05) is 0 Å². The molecule has 0 radical (unpaired) electrons. The van der Waals surface area contributed by atoms with Crippen LogP contribution in [0.3, 0.4) is 0 Å². The van der Waals surface area contributed by atoms with Gasteiger partial charge in [0.2, 0.25) is 0 Å². The molecule has 1 unspecified atom stereocenters. The smallest absolute Gasteiger partial charge is 0.187 e. The highest BCUT2D eigenvalue weighted by Crippen LogP contribution is 2.41. The lowest BCUT2D eigenvalue weighted by molar-refractivity contribution is -0.371. The van der Waals surface area contributed by atoms with Crippen molar-refractivity contribution in [1.82, 2.24) is 0 Å². The summed E-state index contributed by atoms with van der Waals surface area (Å²) in [4.78, 5) is 0. The molecule has 4 saturated heterocycles.